The van der Waals surface area contributed by atoms with E-state index in [0.717, 1.165) is 6.42 Å². The van der Waals surface area contributed by atoms with E-state index in [0.29, 0.717) is 3.63 Å². The quantitative estimate of drug-likeness (QED) is 0.604. The third-order valence-electron chi connectivity index (χ3n) is 5.30. The summed E-state index contributed by atoms with van der Waals surface area (Å²) >= 11 is -2.65. The minimum absolute atomic E-state index is 0.599. The van der Waals surface area contributed by atoms with Crippen molar-refractivity contribution >= 4 is 3.27 Å². The molecule has 1 heteroatoms. The number of allylic oxidation sites excluding steroid dienone is 4. The molecule has 2 aliphatic rings. The summed E-state index contributed by atoms with van der Waals surface area (Å²) in [6.07, 6.45) is 10.2. The molecule has 0 saturated heterocycles. The summed E-state index contributed by atoms with van der Waals surface area (Å²) in [4.78, 5) is 0. The Hall–Kier alpha value is -1.46. The first-order valence-corrected chi connectivity index (χ1v) is 14.5. The van der Waals surface area contributed by atoms with E-state index in [1.165, 1.54) is 16.7 Å². The Balaban J connectivity index is 1.90. The van der Waals surface area contributed by atoms with Gasteiger partial charge in [-0.1, -0.05) is 0 Å². The van der Waals surface area contributed by atoms with Crippen LogP contribution in [0.2, 0.25) is 8.26 Å². The van der Waals surface area contributed by atoms with Crippen molar-refractivity contribution in [3.05, 3.63) is 88.3 Å². The molecule has 0 saturated carbocycles. The van der Waals surface area contributed by atoms with Crippen molar-refractivity contribution in [3.63, 3.8) is 0 Å². The molecule has 108 valence electrons. The molecule has 1 unspecified atom stereocenters. The van der Waals surface area contributed by atoms with E-state index >= 15 is 0 Å². The first kappa shape index (κ1) is 14.2. The van der Waals surface area contributed by atoms with Crippen molar-refractivity contribution in [3.8, 4) is 11.1 Å². The standard InChI is InChI=1S/C13H9.C5H5.C2H3.CH3.Zr/c1-3-7-12-10(5-1)9-11-6-2-4-8-13(11)12;1-2-4-5-3-1;1-2;;/h1-5,7-8H,9H2;1-5H;1H,2H2;1H3;. The van der Waals surface area contributed by atoms with E-state index in [1.807, 2.05) is 0 Å². The van der Waals surface area contributed by atoms with Crippen LogP contribution in [0.1, 0.15) is 11.1 Å². The molecule has 0 aliphatic heterocycles. The molecular weight excluding hydrogens is 343 g/mol. The average molecular weight is 364 g/mol. The molecule has 1 atom stereocenters. The SMILES string of the molecule is C=[CH][Zr]([CH3])([c]1cccc2c1Cc1ccccc1-2)[CH]1C=CC=C1. The fraction of sp³-hybridized carbons (Fsp3) is 0.143. The summed E-state index contributed by atoms with van der Waals surface area (Å²) < 4.78 is 7.07. The maximum atomic E-state index is 4.25. The van der Waals surface area contributed by atoms with E-state index in [9.17, 15) is 0 Å². The van der Waals surface area contributed by atoms with Crippen LogP contribution in [0.4, 0.5) is 0 Å². The number of benzene rings is 2. The summed E-state index contributed by atoms with van der Waals surface area (Å²) in [5.74, 6) is 0. The van der Waals surface area contributed by atoms with Gasteiger partial charge in [0.15, 0.2) is 0 Å². The first-order valence-electron chi connectivity index (χ1n) is 7.93. The molecule has 0 fully saturated rings. The molecule has 0 heterocycles. The Morgan fingerprint density at radius 1 is 1.00 bits per heavy atom. The number of fused-ring (bicyclic) bond motifs is 3. The third kappa shape index (κ3) is 1.99. The van der Waals surface area contributed by atoms with Crippen LogP contribution in [-0.2, 0) is 26.7 Å². The molecule has 0 radical (unpaired) electrons. The van der Waals surface area contributed by atoms with Gasteiger partial charge in [0, 0.05) is 0 Å². The van der Waals surface area contributed by atoms with Crippen LogP contribution in [0, 0.1) is 0 Å². The fourth-order valence-electron chi connectivity index (χ4n) is 3.92. The molecule has 0 bridgehead atoms. The third-order valence-corrected chi connectivity index (χ3v) is 15.7. The van der Waals surface area contributed by atoms with Crippen LogP contribution in [-0.4, -0.2) is 0 Å². The minimum atomic E-state index is -2.65. The molecule has 22 heavy (non-hydrogen) atoms. The molecule has 0 N–H and O–H groups in total. The molecule has 0 amide bonds. The fourth-order valence-corrected chi connectivity index (χ4v) is 11.8. The topological polar surface area (TPSA) is 0 Å². The molecule has 2 aromatic rings. The molecule has 0 spiro atoms. The Morgan fingerprint density at radius 2 is 1.73 bits per heavy atom. The maximum absolute atomic E-state index is 4.25. The second kappa shape index (κ2) is 5.32. The average Bonchev–Trinajstić information content (AvgIpc) is 3.21. The number of rotatable bonds is 3. The zero-order chi connectivity index (χ0) is 15.2. The van der Waals surface area contributed by atoms with E-state index < -0.39 is 20.3 Å². The van der Waals surface area contributed by atoms with Gasteiger partial charge in [0.05, 0.1) is 0 Å². The van der Waals surface area contributed by atoms with E-state index in [2.05, 4.69) is 81.8 Å². The number of hydrogen-bond acceptors (Lipinski definition) is 0. The van der Waals surface area contributed by atoms with E-state index in [-0.39, 0.29) is 0 Å². The van der Waals surface area contributed by atoms with Crippen molar-refractivity contribution in [1.29, 1.82) is 0 Å². The summed E-state index contributed by atoms with van der Waals surface area (Å²) in [5, 5.41) is 0. The van der Waals surface area contributed by atoms with Crippen molar-refractivity contribution in [1.82, 2.24) is 0 Å². The van der Waals surface area contributed by atoms with Crippen molar-refractivity contribution in [2.24, 2.45) is 0 Å². The van der Waals surface area contributed by atoms with Gasteiger partial charge in [-0.3, -0.25) is 0 Å². The Morgan fingerprint density at radius 3 is 2.50 bits per heavy atom. The van der Waals surface area contributed by atoms with Gasteiger partial charge in [0.25, 0.3) is 0 Å². The zero-order valence-corrected chi connectivity index (χ0v) is 15.4. The molecule has 4 rings (SSSR count). The normalized spacial score (nSPS) is 18.0. The van der Waals surface area contributed by atoms with Gasteiger partial charge in [-0.05, 0) is 0 Å². The van der Waals surface area contributed by atoms with Crippen LogP contribution in [0.25, 0.3) is 11.1 Å². The van der Waals surface area contributed by atoms with Crippen LogP contribution < -0.4 is 3.27 Å². The number of hydrogen-bond donors (Lipinski definition) is 0. The summed E-state index contributed by atoms with van der Waals surface area (Å²) in [7, 11) is 0. The summed E-state index contributed by atoms with van der Waals surface area (Å²) in [6.45, 7) is 4.25. The van der Waals surface area contributed by atoms with Crippen molar-refractivity contribution < 1.29 is 20.3 Å². The van der Waals surface area contributed by atoms with Crippen LogP contribution in [0.15, 0.2) is 77.1 Å². The van der Waals surface area contributed by atoms with Crippen LogP contribution >= 0.6 is 0 Å². The van der Waals surface area contributed by atoms with E-state index in [1.54, 1.807) is 8.83 Å². The monoisotopic (exact) mass is 362 g/mol. The van der Waals surface area contributed by atoms with Crippen molar-refractivity contribution in [2.45, 2.75) is 14.7 Å². The second-order valence-electron chi connectivity index (χ2n) is 6.45. The predicted octanol–water partition coefficient (Wildman–Crippen LogP) is 5.14. The van der Waals surface area contributed by atoms with E-state index in [4.69, 9.17) is 0 Å². The summed E-state index contributed by atoms with van der Waals surface area (Å²) in [6, 6.07) is 15.8. The Labute approximate surface area is 137 Å². The molecule has 2 aliphatic carbocycles. The Kier molecular flexibility index (Phi) is 3.42. The second-order valence-corrected chi connectivity index (χ2v) is 16.7. The van der Waals surface area contributed by atoms with Crippen LogP contribution in [0.5, 0.6) is 0 Å². The zero-order valence-electron chi connectivity index (χ0n) is 12.9. The van der Waals surface area contributed by atoms with Gasteiger partial charge in [0.2, 0.25) is 0 Å². The summed E-state index contributed by atoms with van der Waals surface area (Å²) in [5.41, 5.74) is 5.91. The molecule has 2 aromatic carbocycles. The van der Waals surface area contributed by atoms with Gasteiger partial charge in [-0.15, -0.1) is 0 Å². The van der Waals surface area contributed by atoms with Gasteiger partial charge in [0.1, 0.15) is 0 Å². The van der Waals surface area contributed by atoms with Crippen LogP contribution in [0.3, 0.4) is 0 Å². The Bertz CT molecular complexity index is 800. The molecule has 0 nitrogen and oxygen atoms in total. The first-order chi connectivity index (χ1) is 10.7. The molecule has 0 aromatic heterocycles. The van der Waals surface area contributed by atoms with Crippen molar-refractivity contribution in [2.75, 3.05) is 0 Å². The van der Waals surface area contributed by atoms with Gasteiger partial charge < -0.3 is 0 Å². The van der Waals surface area contributed by atoms with Gasteiger partial charge in [-0.2, -0.15) is 0 Å². The van der Waals surface area contributed by atoms with Gasteiger partial charge in [-0.25, -0.2) is 0 Å². The van der Waals surface area contributed by atoms with Gasteiger partial charge >= 0.3 is 138 Å². The molecular formula is C21H20Zr. The predicted molar refractivity (Wildman–Crippen MR) is 92.4 cm³/mol.